The van der Waals surface area contributed by atoms with E-state index in [-0.39, 0.29) is 0 Å². The van der Waals surface area contributed by atoms with Gasteiger partial charge in [-0.3, -0.25) is 0 Å². The first kappa shape index (κ1) is 32.9. The largest absolute Gasteiger partial charge is 0.311 e. The van der Waals surface area contributed by atoms with Crippen molar-refractivity contribution in [3.63, 3.8) is 0 Å². The summed E-state index contributed by atoms with van der Waals surface area (Å²) in [5.41, 5.74) is 11.7. The zero-order chi connectivity index (χ0) is 37.2. The lowest BCUT2D eigenvalue weighted by molar-refractivity contribution is 1.17. The molecule has 0 aliphatic heterocycles. The lowest BCUT2D eigenvalue weighted by atomic mass is 10.0. The molecule has 56 heavy (non-hydrogen) atoms. The van der Waals surface area contributed by atoms with Crippen LogP contribution in [-0.4, -0.2) is 4.57 Å². The Morgan fingerprint density at radius 2 is 1.02 bits per heavy atom. The Morgan fingerprint density at radius 3 is 1.80 bits per heavy atom. The number of rotatable bonds is 6. The van der Waals surface area contributed by atoms with Crippen molar-refractivity contribution in [3.05, 3.63) is 200 Å². The van der Waals surface area contributed by atoms with Crippen LogP contribution in [0.3, 0.4) is 0 Å². The monoisotopic (exact) mass is 750 g/mol. The van der Waals surface area contributed by atoms with E-state index < -0.39 is 0 Å². The fraction of sp³-hybridized carbons (Fsp3) is 0. The topological polar surface area (TPSA) is 8.17 Å². The van der Waals surface area contributed by atoms with Gasteiger partial charge < -0.3 is 9.47 Å². The van der Waals surface area contributed by atoms with Gasteiger partial charge >= 0.3 is 0 Å². The Balaban J connectivity index is 1.01. The zero-order valence-electron chi connectivity index (χ0n) is 30.4. The molecule has 0 N–H and O–H groups in total. The maximum atomic E-state index is 2.93. The number of hydrogen-bond acceptors (Lipinski definition) is 2. The fourth-order valence-electron chi connectivity index (χ4n) is 8.46. The summed E-state index contributed by atoms with van der Waals surface area (Å²) in [6.07, 6.45) is 0. The van der Waals surface area contributed by atoms with Gasteiger partial charge in [-0.15, -0.1) is 20.6 Å². The van der Waals surface area contributed by atoms with E-state index in [9.17, 15) is 0 Å². The molecule has 264 valence electrons. The molecule has 11 rings (SSSR count). The summed E-state index contributed by atoms with van der Waals surface area (Å²) in [6.45, 7) is 0. The second-order valence-corrected chi connectivity index (χ2v) is 16.1. The van der Waals surface area contributed by atoms with Gasteiger partial charge in [0, 0.05) is 53.7 Å². The van der Waals surface area contributed by atoms with Crippen molar-refractivity contribution in [1.82, 2.24) is 4.57 Å². The molecule has 1 unspecified atom stereocenters. The molecule has 2 aromatic heterocycles. The summed E-state index contributed by atoms with van der Waals surface area (Å²) in [4.78, 5) is 2.37. The lowest BCUT2D eigenvalue weighted by Crippen LogP contribution is -2.10. The van der Waals surface area contributed by atoms with Gasteiger partial charge in [-0.05, 0) is 111 Å². The van der Waals surface area contributed by atoms with E-state index in [1.165, 1.54) is 80.3 Å². The van der Waals surface area contributed by atoms with Gasteiger partial charge in [0.25, 0.3) is 0 Å². The summed E-state index contributed by atoms with van der Waals surface area (Å²) in [6, 6.07) is 73.0. The number of benzene rings is 9. The van der Waals surface area contributed by atoms with Crippen LogP contribution < -0.4 is 10.2 Å². The molecular formula is C52H35N2PS. The normalized spacial score (nSPS) is 11.7. The van der Waals surface area contributed by atoms with Crippen LogP contribution in [0.4, 0.5) is 17.1 Å². The summed E-state index contributed by atoms with van der Waals surface area (Å²) < 4.78 is 5.04. The average Bonchev–Trinajstić information content (AvgIpc) is 3.81. The SMILES string of the molecule is Pc1cccc2c1c1ccccc1n2-c1ccc(N(c2ccc(-c3ccc4ccccc4c3)cc2)c2ccc(-c3cccc4c3sc3ccccc34)cc2)cc1. The maximum absolute atomic E-state index is 2.93. The summed E-state index contributed by atoms with van der Waals surface area (Å²) in [5, 5.41) is 8.89. The molecule has 2 heterocycles. The average molecular weight is 751 g/mol. The third kappa shape index (κ3) is 5.43. The Morgan fingerprint density at radius 1 is 0.429 bits per heavy atom. The third-order valence-electron chi connectivity index (χ3n) is 11.1. The molecule has 1 atom stereocenters. The molecule has 0 aliphatic rings. The van der Waals surface area contributed by atoms with Gasteiger partial charge in [0.05, 0.1) is 11.0 Å². The fourth-order valence-corrected chi connectivity index (χ4v) is 10.1. The minimum Gasteiger partial charge on any atom is -0.311 e. The highest BCUT2D eigenvalue weighted by Gasteiger charge is 2.17. The van der Waals surface area contributed by atoms with Crippen LogP contribution in [0, 0.1) is 0 Å². The van der Waals surface area contributed by atoms with E-state index in [0.717, 1.165) is 22.7 Å². The van der Waals surface area contributed by atoms with Crippen molar-refractivity contribution in [2.75, 3.05) is 4.90 Å². The van der Waals surface area contributed by atoms with Crippen LogP contribution in [0.1, 0.15) is 0 Å². The predicted octanol–water partition coefficient (Wildman–Crippen LogP) is 14.6. The molecule has 0 fully saturated rings. The number of anilines is 3. The van der Waals surface area contributed by atoms with E-state index in [4.69, 9.17) is 0 Å². The van der Waals surface area contributed by atoms with E-state index >= 15 is 0 Å². The number of fused-ring (bicyclic) bond motifs is 7. The maximum Gasteiger partial charge on any atom is 0.0547 e. The third-order valence-corrected chi connectivity index (χ3v) is 12.8. The van der Waals surface area contributed by atoms with Crippen LogP contribution >= 0.6 is 20.6 Å². The standard InChI is InChI=1S/C52H35N2PS/c55-49-17-8-16-48-51(49)46-12-3-5-15-47(46)54(48)42-31-29-41(30-32-42)53(39-25-21-35(22-26-39)38-20-19-34-9-1-2-10-37(34)33-38)40-27-23-36(24-28-40)43-13-7-14-45-44-11-4-6-18-50(44)56-52(43)45/h1-33H,55H2. The molecule has 0 saturated heterocycles. The predicted molar refractivity (Wildman–Crippen MR) is 246 cm³/mol. The number of nitrogens with zero attached hydrogens (tertiary/aromatic N) is 2. The highest BCUT2D eigenvalue weighted by Crippen LogP contribution is 2.42. The zero-order valence-corrected chi connectivity index (χ0v) is 32.4. The molecule has 11 aromatic rings. The Labute approximate surface area is 331 Å². The van der Waals surface area contributed by atoms with Gasteiger partial charge in [-0.25, -0.2) is 0 Å². The van der Waals surface area contributed by atoms with E-state index in [1.54, 1.807) is 0 Å². The highest BCUT2D eigenvalue weighted by atomic mass is 32.1. The van der Waals surface area contributed by atoms with E-state index in [2.05, 4.69) is 219 Å². The van der Waals surface area contributed by atoms with Crippen LogP contribution in [0.15, 0.2) is 200 Å². The van der Waals surface area contributed by atoms with Crippen molar-refractivity contribution in [1.29, 1.82) is 0 Å². The molecular weight excluding hydrogens is 716 g/mol. The van der Waals surface area contributed by atoms with Crippen molar-refractivity contribution >= 4 is 95.7 Å². The summed E-state index contributed by atoms with van der Waals surface area (Å²) >= 11 is 1.88. The van der Waals surface area contributed by atoms with Gasteiger partial charge in [0.2, 0.25) is 0 Å². The molecule has 0 aliphatic carbocycles. The molecule has 4 heteroatoms. The van der Waals surface area contributed by atoms with Crippen molar-refractivity contribution in [3.8, 4) is 27.9 Å². The van der Waals surface area contributed by atoms with Crippen LogP contribution in [-0.2, 0) is 0 Å². The first-order valence-corrected chi connectivity index (χ1v) is 20.4. The Kier molecular flexibility index (Phi) is 7.84. The highest BCUT2D eigenvalue weighted by molar-refractivity contribution is 7.28. The summed E-state index contributed by atoms with van der Waals surface area (Å²) in [7, 11) is 2.93. The van der Waals surface area contributed by atoms with Gasteiger partial charge in [0.1, 0.15) is 0 Å². The molecule has 2 nitrogen and oxygen atoms in total. The van der Waals surface area contributed by atoms with Crippen molar-refractivity contribution < 1.29 is 0 Å². The molecule has 9 aromatic carbocycles. The van der Waals surface area contributed by atoms with Crippen LogP contribution in [0.25, 0.3) is 80.7 Å². The smallest absolute Gasteiger partial charge is 0.0547 e. The van der Waals surface area contributed by atoms with E-state index in [1.807, 2.05) is 11.3 Å². The van der Waals surface area contributed by atoms with Gasteiger partial charge in [-0.1, -0.05) is 127 Å². The number of hydrogen-bond donors (Lipinski definition) is 0. The van der Waals surface area contributed by atoms with Crippen LogP contribution in [0.5, 0.6) is 0 Å². The second-order valence-electron chi connectivity index (χ2n) is 14.4. The number of aromatic nitrogens is 1. The molecule has 0 bridgehead atoms. The Bertz CT molecular complexity index is 3250. The number of para-hydroxylation sites is 1. The molecule has 0 amide bonds. The lowest BCUT2D eigenvalue weighted by Gasteiger charge is -2.26. The van der Waals surface area contributed by atoms with Gasteiger partial charge in [-0.2, -0.15) is 0 Å². The van der Waals surface area contributed by atoms with Crippen LogP contribution in [0.2, 0.25) is 0 Å². The quantitative estimate of drug-likeness (QED) is 0.154. The summed E-state index contributed by atoms with van der Waals surface area (Å²) in [5.74, 6) is 0. The second kappa shape index (κ2) is 13.4. The minimum absolute atomic E-state index is 1.10. The van der Waals surface area contributed by atoms with E-state index in [0.29, 0.717) is 0 Å². The van der Waals surface area contributed by atoms with Gasteiger partial charge in [0.15, 0.2) is 0 Å². The molecule has 0 spiro atoms. The van der Waals surface area contributed by atoms with Crippen molar-refractivity contribution in [2.24, 2.45) is 0 Å². The minimum atomic E-state index is 1.10. The Hall–Kier alpha value is -6.51. The first-order chi connectivity index (χ1) is 27.7. The van der Waals surface area contributed by atoms with Crippen molar-refractivity contribution in [2.45, 2.75) is 0 Å². The first-order valence-electron chi connectivity index (χ1n) is 19.0. The molecule has 0 saturated carbocycles. The number of thiophene rings is 1. The molecule has 0 radical (unpaired) electrons.